The molecule has 1 aliphatic rings. The standard InChI is InChI=1S/C26H20I2N2O6/c1-3-34-23-13-17(11-21(28)24(23)35-14-16-4-7-19(8-5-16)30(32)33)12-22-26(31)36-25(29-22)18-6-9-20(27)15(2)10-18/h4-13H,3,14H2,1-2H3/b22-12-. The monoisotopic (exact) mass is 710 g/mol. The third kappa shape index (κ3) is 6.03. The van der Waals surface area contributed by atoms with E-state index in [9.17, 15) is 14.9 Å². The summed E-state index contributed by atoms with van der Waals surface area (Å²) >= 11 is 4.39. The second kappa shape index (κ2) is 11.4. The number of halogens is 2. The van der Waals surface area contributed by atoms with Crippen molar-refractivity contribution in [3.63, 3.8) is 0 Å². The van der Waals surface area contributed by atoms with Crippen molar-refractivity contribution in [3.8, 4) is 11.5 Å². The van der Waals surface area contributed by atoms with E-state index in [-0.39, 0.29) is 23.9 Å². The van der Waals surface area contributed by atoms with Gasteiger partial charge in [0.1, 0.15) is 6.61 Å². The zero-order valence-electron chi connectivity index (χ0n) is 19.3. The zero-order chi connectivity index (χ0) is 25.8. The molecule has 8 nitrogen and oxygen atoms in total. The van der Waals surface area contributed by atoms with Gasteiger partial charge >= 0.3 is 5.97 Å². The first kappa shape index (κ1) is 26.1. The number of nitro groups is 1. The van der Waals surface area contributed by atoms with E-state index in [0.29, 0.717) is 23.7 Å². The van der Waals surface area contributed by atoms with Crippen molar-refractivity contribution < 1.29 is 23.9 Å². The molecule has 0 aromatic heterocycles. The van der Waals surface area contributed by atoms with Gasteiger partial charge in [0.15, 0.2) is 17.2 Å². The number of aliphatic imine (C=N–C) groups is 1. The van der Waals surface area contributed by atoms with Gasteiger partial charge in [-0.2, -0.15) is 0 Å². The number of hydrogen-bond acceptors (Lipinski definition) is 7. The molecule has 0 spiro atoms. The molecule has 0 fully saturated rings. The maximum absolute atomic E-state index is 12.5. The minimum Gasteiger partial charge on any atom is -0.490 e. The average Bonchev–Trinajstić information content (AvgIpc) is 3.20. The number of rotatable bonds is 8. The first-order valence-electron chi connectivity index (χ1n) is 10.9. The first-order valence-corrected chi connectivity index (χ1v) is 13.0. The van der Waals surface area contributed by atoms with Crippen LogP contribution in [0.25, 0.3) is 6.08 Å². The molecule has 0 aliphatic carbocycles. The topological polar surface area (TPSA) is 100 Å². The molecule has 1 heterocycles. The van der Waals surface area contributed by atoms with Gasteiger partial charge in [-0.25, -0.2) is 9.79 Å². The normalized spacial score (nSPS) is 13.9. The lowest BCUT2D eigenvalue weighted by Gasteiger charge is -2.15. The quantitative estimate of drug-likeness (QED) is 0.0879. The lowest BCUT2D eigenvalue weighted by atomic mass is 10.1. The molecule has 0 saturated carbocycles. The molecular weight excluding hydrogens is 690 g/mol. The highest BCUT2D eigenvalue weighted by molar-refractivity contribution is 14.1. The van der Waals surface area contributed by atoms with E-state index in [1.807, 2.05) is 38.1 Å². The molecule has 184 valence electrons. The van der Waals surface area contributed by atoms with Crippen LogP contribution in [0.15, 0.2) is 65.3 Å². The summed E-state index contributed by atoms with van der Waals surface area (Å²) in [5.41, 5.74) is 3.52. The van der Waals surface area contributed by atoms with Gasteiger partial charge in [0.25, 0.3) is 5.69 Å². The molecule has 0 unspecified atom stereocenters. The molecule has 0 atom stereocenters. The Hall–Kier alpha value is -3.00. The zero-order valence-corrected chi connectivity index (χ0v) is 23.6. The van der Waals surface area contributed by atoms with Crippen LogP contribution in [0.1, 0.15) is 29.2 Å². The van der Waals surface area contributed by atoms with Gasteiger partial charge in [-0.05, 0) is 124 Å². The Morgan fingerprint density at radius 2 is 1.81 bits per heavy atom. The van der Waals surface area contributed by atoms with Crippen LogP contribution in [0.5, 0.6) is 11.5 Å². The largest absolute Gasteiger partial charge is 0.490 e. The lowest BCUT2D eigenvalue weighted by Crippen LogP contribution is -2.06. The van der Waals surface area contributed by atoms with Crippen LogP contribution in [0.3, 0.4) is 0 Å². The number of ether oxygens (including phenoxy) is 3. The van der Waals surface area contributed by atoms with E-state index in [4.69, 9.17) is 14.2 Å². The number of nitro benzene ring substituents is 1. The second-order valence-electron chi connectivity index (χ2n) is 7.78. The summed E-state index contributed by atoms with van der Waals surface area (Å²) in [6, 6.07) is 15.6. The van der Waals surface area contributed by atoms with Crippen molar-refractivity contribution in [3.05, 3.63) is 99.8 Å². The van der Waals surface area contributed by atoms with Crippen LogP contribution in [0, 0.1) is 24.2 Å². The van der Waals surface area contributed by atoms with Crippen molar-refractivity contribution >= 4 is 68.8 Å². The van der Waals surface area contributed by atoms with Crippen LogP contribution in [0.2, 0.25) is 0 Å². The number of hydrogen-bond donors (Lipinski definition) is 0. The SMILES string of the molecule is CCOc1cc(/C=C2\N=C(c3ccc(I)c(C)c3)OC2=O)cc(I)c1OCc1ccc([N+](=O)[O-])cc1. The van der Waals surface area contributed by atoms with E-state index in [2.05, 4.69) is 50.2 Å². The molecular formula is C26H20I2N2O6. The molecule has 0 amide bonds. The first-order chi connectivity index (χ1) is 17.2. The highest BCUT2D eigenvalue weighted by Gasteiger charge is 2.25. The Labute approximate surface area is 234 Å². The molecule has 0 radical (unpaired) electrons. The molecule has 10 heteroatoms. The third-order valence-corrected chi connectivity index (χ3v) is 7.20. The van der Waals surface area contributed by atoms with Gasteiger partial charge in [0, 0.05) is 21.3 Å². The Bertz CT molecular complexity index is 1400. The fourth-order valence-corrected chi connectivity index (χ4v) is 4.53. The van der Waals surface area contributed by atoms with E-state index < -0.39 is 10.9 Å². The minimum atomic E-state index is -0.521. The number of carbonyl (C=O) groups is 1. The average molecular weight is 710 g/mol. The molecule has 0 bridgehead atoms. The summed E-state index contributed by atoms with van der Waals surface area (Å²) < 4.78 is 19.1. The summed E-state index contributed by atoms with van der Waals surface area (Å²) in [5.74, 6) is 0.814. The molecule has 36 heavy (non-hydrogen) atoms. The Balaban J connectivity index is 1.58. The van der Waals surface area contributed by atoms with Crippen molar-refractivity contribution in [2.75, 3.05) is 6.61 Å². The Morgan fingerprint density at radius 1 is 1.06 bits per heavy atom. The maximum Gasteiger partial charge on any atom is 0.363 e. The van der Waals surface area contributed by atoms with Crippen molar-refractivity contribution in [2.24, 2.45) is 4.99 Å². The van der Waals surface area contributed by atoms with Crippen LogP contribution in [0.4, 0.5) is 5.69 Å². The third-order valence-electron chi connectivity index (χ3n) is 5.19. The van der Waals surface area contributed by atoms with Crippen LogP contribution >= 0.6 is 45.2 Å². The van der Waals surface area contributed by atoms with E-state index in [0.717, 1.165) is 23.8 Å². The summed E-state index contributed by atoms with van der Waals surface area (Å²) in [6.07, 6.45) is 1.65. The van der Waals surface area contributed by atoms with Crippen LogP contribution < -0.4 is 9.47 Å². The van der Waals surface area contributed by atoms with Crippen molar-refractivity contribution in [2.45, 2.75) is 20.5 Å². The predicted molar refractivity (Wildman–Crippen MR) is 152 cm³/mol. The molecule has 0 N–H and O–H groups in total. The van der Waals surface area contributed by atoms with Crippen molar-refractivity contribution in [1.82, 2.24) is 0 Å². The predicted octanol–water partition coefficient (Wildman–Crippen LogP) is 6.43. The Kier molecular flexibility index (Phi) is 8.24. The number of nitrogens with zero attached hydrogens (tertiary/aromatic N) is 2. The highest BCUT2D eigenvalue weighted by Crippen LogP contribution is 2.36. The summed E-state index contributed by atoms with van der Waals surface area (Å²) in [5, 5.41) is 10.9. The number of carbonyl (C=O) groups excluding carboxylic acids is 1. The van der Waals surface area contributed by atoms with Gasteiger partial charge in [0.05, 0.1) is 15.1 Å². The maximum atomic E-state index is 12.5. The number of cyclic esters (lactones) is 1. The smallest absolute Gasteiger partial charge is 0.363 e. The van der Waals surface area contributed by atoms with E-state index in [1.54, 1.807) is 24.3 Å². The minimum absolute atomic E-state index is 0.0223. The molecule has 0 saturated heterocycles. The van der Waals surface area contributed by atoms with E-state index in [1.165, 1.54) is 12.1 Å². The molecule has 4 rings (SSSR count). The Morgan fingerprint density at radius 3 is 2.47 bits per heavy atom. The number of non-ortho nitro benzene ring substituents is 1. The van der Waals surface area contributed by atoms with Gasteiger partial charge in [-0.1, -0.05) is 0 Å². The molecule has 3 aromatic carbocycles. The van der Waals surface area contributed by atoms with Crippen LogP contribution in [-0.2, 0) is 16.1 Å². The fraction of sp³-hybridized carbons (Fsp3) is 0.154. The summed E-state index contributed by atoms with van der Waals surface area (Å²) in [6.45, 7) is 4.48. The number of aryl methyl sites for hydroxylation is 1. The van der Waals surface area contributed by atoms with Gasteiger partial charge in [-0.15, -0.1) is 0 Å². The van der Waals surface area contributed by atoms with Gasteiger partial charge < -0.3 is 14.2 Å². The second-order valence-corrected chi connectivity index (χ2v) is 10.1. The lowest BCUT2D eigenvalue weighted by molar-refractivity contribution is -0.384. The molecule has 1 aliphatic heterocycles. The van der Waals surface area contributed by atoms with Gasteiger partial charge in [0.2, 0.25) is 5.90 Å². The molecule has 3 aromatic rings. The van der Waals surface area contributed by atoms with Crippen molar-refractivity contribution in [1.29, 1.82) is 0 Å². The van der Waals surface area contributed by atoms with E-state index >= 15 is 0 Å². The summed E-state index contributed by atoms with van der Waals surface area (Å²) in [4.78, 5) is 27.3. The summed E-state index contributed by atoms with van der Waals surface area (Å²) in [7, 11) is 0. The van der Waals surface area contributed by atoms with Crippen LogP contribution in [-0.4, -0.2) is 23.4 Å². The number of esters is 1. The van der Waals surface area contributed by atoms with Gasteiger partial charge in [-0.3, -0.25) is 10.1 Å². The number of benzene rings is 3. The highest BCUT2D eigenvalue weighted by atomic mass is 127. The fourth-order valence-electron chi connectivity index (χ4n) is 3.41.